The summed E-state index contributed by atoms with van der Waals surface area (Å²) in [6, 6.07) is 6.71. The molecule has 1 aromatic carbocycles. The summed E-state index contributed by atoms with van der Waals surface area (Å²) in [5, 5.41) is 0. The molecule has 2 N–H and O–H groups in total. The van der Waals surface area contributed by atoms with Gasteiger partial charge in [-0.3, -0.25) is 4.90 Å². The van der Waals surface area contributed by atoms with Crippen LogP contribution in [0.5, 0.6) is 5.75 Å². The van der Waals surface area contributed by atoms with Gasteiger partial charge in [0, 0.05) is 23.0 Å². The maximum atomic E-state index is 5.81. The molecule has 1 aromatic rings. The minimum absolute atomic E-state index is 0.428. The van der Waals surface area contributed by atoms with Gasteiger partial charge in [0.15, 0.2) is 0 Å². The van der Waals surface area contributed by atoms with Gasteiger partial charge in [-0.25, -0.2) is 0 Å². The summed E-state index contributed by atoms with van der Waals surface area (Å²) in [7, 11) is 3.93. The Morgan fingerprint density at radius 1 is 1.50 bits per heavy atom. The number of hydrogen-bond donors (Lipinski definition) is 1. The topological polar surface area (TPSA) is 38.5 Å². The summed E-state index contributed by atoms with van der Waals surface area (Å²) in [6.07, 6.45) is 3.24. The highest BCUT2D eigenvalue weighted by Gasteiger charge is 2.32. The van der Waals surface area contributed by atoms with Crippen LogP contribution in [0.2, 0.25) is 0 Å². The van der Waals surface area contributed by atoms with Gasteiger partial charge in [-0.1, -0.05) is 6.07 Å². The van der Waals surface area contributed by atoms with Crippen LogP contribution in [-0.2, 0) is 0 Å². The van der Waals surface area contributed by atoms with Crippen molar-refractivity contribution >= 4 is 11.8 Å². The molecule has 0 radical (unpaired) electrons. The minimum Gasteiger partial charge on any atom is -0.496 e. The number of benzene rings is 1. The monoisotopic (exact) mass is 266 g/mol. The molecule has 100 valence electrons. The fourth-order valence-electron chi connectivity index (χ4n) is 2.82. The van der Waals surface area contributed by atoms with Gasteiger partial charge in [0.05, 0.1) is 7.11 Å². The third kappa shape index (κ3) is 2.51. The van der Waals surface area contributed by atoms with Gasteiger partial charge >= 0.3 is 0 Å². The van der Waals surface area contributed by atoms with Gasteiger partial charge in [0.25, 0.3) is 0 Å². The molecule has 0 spiro atoms. The van der Waals surface area contributed by atoms with E-state index in [4.69, 9.17) is 10.5 Å². The number of ether oxygens (including phenoxy) is 1. The van der Waals surface area contributed by atoms with Crippen LogP contribution in [0.3, 0.4) is 0 Å². The Morgan fingerprint density at radius 3 is 2.83 bits per heavy atom. The van der Waals surface area contributed by atoms with Crippen molar-refractivity contribution in [1.82, 2.24) is 4.90 Å². The molecule has 2 rings (SSSR count). The highest BCUT2D eigenvalue weighted by Crippen LogP contribution is 2.42. The molecule has 1 saturated heterocycles. The molecule has 1 aliphatic heterocycles. The zero-order chi connectivity index (χ0) is 13.1. The second-order valence-corrected chi connectivity index (χ2v) is 5.72. The highest BCUT2D eigenvalue weighted by molar-refractivity contribution is 7.98. The quantitative estimate of drug-likeness (QED) is 0.849. The molecule has 0 bridgehead atoms. The summed E-state index contributed by atoms with van der Waals surface area (Å²) in [5.41, 5.74) is 7.14. The van der Waals surface area contributed by atoms with Gasteiger partial charge in [-0.2, -0.15) is 0 Å². The molecule has 4 heteroatoms. The summed E-state index contributed by atoms with van der Waals surface area (Å²) >= 11 is 1.78. The zero-order valence-corrected chi connectivity index (χ0v) is 12.2. The lowest BCUT2D eigenvalue weighted by Crippen LogP contribution is -2.21. The first-order valence-corrected chi connectivity index (χ1v) is 7.55. The van der Waals surface area contributed by atoms with Gasteiger partial charge in [-0.05, 0) is 44.3 Å². The second kappa shape index (κ2) is 5.95. The SMILES string of the molecule is COc1cccc(SC)c1C1CC(CN)CN1C. The number of rotatable bonds is 4. The van der Waals surface area contributed by atoms with Crippen molar-refractivity contribution in [2.75, 3.05) is 33.5 Å². The number of hydrogen-bond acceptors (Lipinski definition) is 4. The standard InChI is InChI=1S/C14H22N2OS/c1-16-9-10(8-15)7-11(16)14-12(17-2)5-4-6-13(14)18-3/h4-6,10-11H,7-9,15H2,1-3H3. The predicted molar refractivity (Wildman–Crippen MR) is 77.3 cm³/mol. The lowest BCUT2D eigenvalue weighted by molar-refractivity contribution is 0.299. The highest BCUT2D eigenvalue weighted by atomic mass is 32.2. The average molecular weight is 266 g/mol. The van der Waals surface area contributed by atoms with Crippen LogP contribution in [0.4, 0.5) is 0 Å². The third-order valence-corrected chi connectivity index (χ3v) is 4.56. The van der Waals surface area contributed by atoms with Crippen LogP contribution in [0.15, 0.2) is 23.1 Å². The van der Waals surface area contributed by atoms with E-state index in [0.717, 1.165) is 25.3 Å². The molecular weight excluding hydrogens is 244 g/mol. The van der Waals surface area contributed by atoms with E-state index in [-0.39, 0.29) is 0 Å². The number of methoxy groups -OCH3 is 1. The van der Waals surface area contributed by atoms with E-state index in [0.29, 0.717) is 12.0 Å². The fourth-order valence-corrected chi connectivity index (χ4v) is 3.49. The summed E-state index contributed by atoms with van der Waals surface area (Å²) in [4.78, 5) is 3.71. The summed E-state index contributed by atoms with van der Waals surface area (Å²) < 4.78 is 5.55. The zero-order valence-electron chi connectivity index (χ0n) is 11.3. The molecule has 0 aromatic heterocycles. The van der Waals surface area contributed by atoms with Gasteiger partial charge in [0.1, 0.15) is 5.75 Å². The van der Waals surface area contributed by atoms with Crippen LogP contribution in [0.1, 0.15) is 18.0 Å². The minimum atomic E-state index is 0.428. The molecule has 2 atom stereocenters. The summed E-state index contributed by atoms with van der Waals surface area (Å²) in [6.45, 7) is 1.84. The number of thioether (sulfide) groups is 1. The Hall–Kier alpha value is -0.710. The van der Waals surface area contributed by atoms with Crippen LogP contribution < -0.4 is 10.5 Å². The number of likely N-dealkylation sites (tertiary alicyclic amines) is 1. The van der Waals surface area contributed by atoms with E-state index in [2.05, 4.69) is 36.4 Å². The van der Waals surface area contributed by atoms with E-state index in [1.807, 2.05) is 0 Å². The van der Waals surface area contributed by atoms with Crippen LogP contribution >= 0.6 is 11.8 Å². The number of nitrogens with two attached hydrogens (primary N) is 1. The van der Waals surface area contributed by atoms with Crippen molar-refractivity contribution in [3.8, 4) is 5.75 Å². The second-order valence-electron chi connectivity index (χ2n) is 4.87. The normalized spacial score (nSPS) is 24.4. The van der Waals surface area contributed by atoms with E-state index in [9.17, 15) is 0 Å². The van der Waals surface area contributed by atoms with E-state index >= 15 is 0 Å². The van der Waals surface area contributed by atoms with Crippen molar-refractivity contribution in [3.05, 3.63) is 23.8 Å². The Labute approximate surface area is 114 Å². The Bertz CT molecular complexity index is 389. The van der Waals surface area contributed by atoms with Crippen LogP contribution in [-0.4, -0.2) is 38.4 Å². The van der Waals surface area contributed by atoms with Crippen molar-refractivity contribution in [2.24, 2.45) is 11.7 Å². The van der Waals surface area contributed by atoms with Crippen molar-refractivity contribution < 1.29 is 4.74 Å². The molecule has 0 aliphatic carbocycles. The third-order valence-electron chi connectivity index (χ3n) is 3.77. The maximum Gasteiger partial charge on any atom is 0.124 e. The van der Waals surface area contributed by atoms with Crippen molar-refractivity contribution in [1.29, 1.82) is 0 Å². The van der Waals surface area contributed by atoms with E-state index in [1.165, 1.54) is 10.5 Å². The Morgan fingerprint density at radius 2 is 2.28 bits per heavy atom. The summed E-state index contributed by atoms with van der Waals surface area (Å²) in [5.74, 6) is 1.59. The molecule has 1 aliphatic rings. The van der Waals surface area contributed by atoms with Crippen LogP contribution in [0.25, 0.3) is 0 Å². The van der Waals surface area contributed by atoms with Crippen LogP contribution in [0, 0.1) is 5.92 Å². The first-order chi connectivity index (χ1) is 8.71. The molecule has 0 amide bonds. The van der Waals surface area contributed by atoms with Gasteiger partial charge in [0.2, 0.25) is 0 Å². The van der Waals surface area contributed by atoms with Gasteiger partial charge < -0.3 is 10.5 Å². The fraction of sp³-hybridized carbons (Fsp3) is 0.571. The molecule has 2 unspecified atom stereocenters. The Kier molecular flexibility index (Phi) is 4.54. The van der Waals surface area contributed by atoms with E-state index in [1.54, 1.807) is 18.9 Å². The molecule has 3 nitrogen and oxygen atoms in total. The predicted octanol–water partition coefficient (Wildman–Crippen LogP) is 2.37. The molecule has 1 fully saturated rings. The van der Waals surface area contributed by atoms with E-state index < -0.39 is 0 Å². The average Bonchev–Trinajstić information content (AvgIpc) is 2.78. The molecule has 1 heterocycles. The van der Waals surface area contributed by atoms with Gasteiger partial charge in [-0.15, -0.1) is 11.8 Å². The smallest absolute Gasteiger partial charge is 0.124 e. The lowest BCUT2D eigenvalue weighted by Gasteiger charge is -2.24. The molecule has 18 heavy (non-hydrogen) atoms. The number of nitrogens with zero attached hydrogens (tertiary/aromatic N) is 1. The first kappa shape index (κ1) is 13.7. The molecule has 0 saturated carbocycles. The molecular formula is C14H22N2OS. The maximum absolute atomic E-state index is 5.81. The van der Waals surface area contributed by atoms with Crippen molar-refractivity contribution in [2.45, 2.75) is 17.4 Å². The largest absolute Gasteiger partial charge is 0.496 e. The first-order valence-electron chi connectivity index (χ1n) is 6.32. The lowest BCUT2D eigenvalue weighted by atomic mass is 9.99. The Balaban J connectivity index is 2.37. The van der Waals surface area contributed by atoms with Crippen molar-refractivity contribution in [3.63, 3.8) is 0 Å².